The second-order valence-corrected chi connectivity index (χ2v) is 17.3. The molecule has 0 aromatic heterocycles. The van der Waals surface area contributed by atoms with Gasteiger partial charge in [-0.1, -0.05) is 179 Å². The quantitative estimate of drug-likeness (QED) is 0.153. The van der Waals surface area contributed by atoms with E-state index in [1.807, 2.05) is 30.3 Å². The molecule has 0 heterocycles. The first-order valence-electron chi connectivity index (χ1n) is 20.4. The van der Waals surface area contributed by atoms with Crippen LogP contribution in [0.5, 0.6) is 0 Å². The van der Waals surface area contributed by atoms with Gasteiger partial charge in [0.15, 0.2) is 0 Å². The molecule has 0 atom stereocenters. The van der Waals surface area contributed by atoms with Crippen molar-refractivity contribution in [2.75, 3.05) is 0 Å². The fraction of sp³-hybridized carbons (Fsp3) is 0.377. The second kappa shape index (κ2) is 21.2. The van der Waals surface area contributed by atoms with E-state index in [4.69, 9.17) is 0 Å². The normalized spacial score (nSPS) is 15.0. The Morgan fingerprint density at radius 3 is 1.13 bits per heavy atom. The van der Waals surface area contributed by atoms with Crippen molar-refractivity contribution in [3.05, 3.63) is 146 Å². The Kier molecular flexibility index (Phi) is 17.1. The van der Waals surface area contributed by atoms with Crippen molar-refractivity contribution >= 4 is 25.8 Å². The molecule has 0 spiro atoms. The van der Waals surface area contributed by atoms with Crippen molar-refractivity contribution < 1.29 is 24.2 Å². The van der Waals surface area contributed by atoms with Crippen LogP contribution in [0.15, 0.2) is 121 Å². The minimum absolute atomic E-state index is 0.0554. The molecule has 0 amide bonds. The maximum Gasteiger partial charge on any atom is -0.172 e. The maximum absolute atomic E-state index is 4.00. The Balaban J connectivity index is 0.000000249. The van der Waals surface area contributed by atoms with E-state index < -0.39 is 0 Å². The Bertz CT molecular complexity index is 1770. The Morgan fingerprint density at radius 1 is 0.519 bits per heavy atom. The van der Waals surface area contributed by atoms with Gasteiger partial charge in [0.1, 0.15) is 0 Å². The summed E-state index contributed by atoms with van der Waals surface area (Å²) in [6, 6.07) is 43.7. The molecule has 8 rings (SSSR count). The number of benzene rings is 4. The van der Waals surface area contributed by atoms with Gasteiger partial charge in [-0.3, -0.25) is 0 Å². The van der Waals surface area contributed by atoms with Crippen LogP contribution in [-0.4, -0.2) is 4.21 Å². The van der Waals surface area contributed by atoms with Crippen molar-refractivity contribution in [2.45, 2.75) is 117 Å². The molecule has 2 aliphatic carbocycles. The Morgan fingerprint density at radius 2 is 0.870 bits per heavy atom. The predicted octanol–water partition coefficient (Wildman–Crippen LogP) is 15.8. The van der Waals surface area contributed by atoms with Crippen molar-refractivity contribution in [3.63, 3.8) is 0 Å². The molecule has 0 radical (unpaired) electrons. The van der Waals surface area contributed by atoms with Crippen molar-refractivity contribution in [1.82, 2.24) is 0 Å². The van der Waals surface area contributed by atoms with E-state index in [0.29, 0.717) is 0 Å². The van der Waals surface area contributed by atoms with E-state index in [1.165, 1.54) is 143 Å². The summed E-state index contributed by atoms with van der Waals surface area (Å²) in [6.45, 7) is 21.9. The van der Waals surface area contributed by atoms with Crippen LogP contribution in [0.3, 0.4) is 0 Å². The van der Waals surface area contributed by atoms with Gasteiger partial charge >= 0.3 is 28.4 Å². The minimum Gasteiger partial charge on any atom is -0.214 e. The molecule has 286 valence electrons. The average Bonchev–Trinajstić information content (AvgIpc) is 3.88. The molecule has 0 N–H and O–H groups in total. The standard InChI is InChI=1S/C33H33.2C7H13.C5H5.CH2.Zr/c1-32(2,3)30-20-26-24(18-28(30)22-13-9-7-10-14-22)17-25-19-29(23-15-11-8-12-16-23)31(21-27(25)26)33(4,5)6;2*1-7-5-3-2-4-6-7;1-2-4-5-3-1;;/h7-21H,1-6H3;2*7H,1-6H2;1-5H;1H2;/q4*-1;;. The molecule has 0 nitrogen and oxygen atoms in total. The molecule has 0 saturated heterocycles. The van der Waals surface area contributed by atoms with E-state index in [0.717, 1.165) is 11.8 Å². The van der Waals surface area contributed by atoms with Gasteiger partial charge in [0.2, 0.25) is 0 Å². The maximum atomic E-state index is 4.00. The average molecular weight is 794 g/mol. The number of hydrogen-bond acceptors (Lipinski definition) is 0. The zero-order valence-corrected chi connectivity index (χ0v) is 36.9. The monoisotopic (exact) mass is 792 g/mol. The van der Waals surface area contributed by atoms with E-state index in [9.17, 15) is 0 Å². The summed E-state index contributed by atoms with van der Waals surface area (Å²) in [6.07, 6.45) is 14.1. The molecule has 0 bridgehead atoms. The molecule has 2 saturated carbocycles. The summed E-state index contributed by atoms with van der Waals surface area (Å²) in [5.41, 5.74) is 8.16. The summed E-state index contributed by atoms with van der Waals surface area (Å²) in [7, 11) is 0. The van der Waals surface area contributed by atoms with Crippen LogP contribution in [0.1, 0.15) is 117 Å². The Hall–Kier alpha value is -3.15. The molecule has 2 fully saturated rings. The molecule has 0 aliphatic heterocycles. The van der Waals surface area contributed by atoms with Crippen LogP contribution in [0.2, 0.25) is 0 Å². The van der Waals surface area contributed by atoms with Crippen LogP contribution in [-0.2, 0) is 35.1 Å². The van der Waals surface area contributed by atoms with Crippen LogP contribution in [0, 0.1) is 25.7 Å². The third-order valence-electron chi connectivity index (χ3n) is 10.8. The van der Waals surface area contributed by atoms with Crippen molar-refractivity contribution in [1.29, 1.82) is 0 Å². The van der Waals surface area contributed by atoms with Gasteiger partial charge in [-0.05, 0) is 44.2 Å². The first-order valence-corrected chi connectivity index (χ1v) is 22.2. The third-order valence-corrected chi connectivity index (χ3v) is 10.8. The summed E-state index contributed by atoms with van der Waals surface area (Å²) in [4.78, 5) is 0. The van der Waals surface area contributed by atoms with E-state index >= 15 is 0 Å². The fourth-order valence-electron chi connectivity index (χ4n) is 7.75. The van der Waals surface area contributed by atoms with Gasteiger partial charge in [-0.2, -0.15) is 30.0 Å². The zero-order valence-electron chi connectivity index (χ0n) is 34.4. The first-order chi connectivity index (χ1) is 25.9. The third kappa shape index (κ3) is 12.7. The molecule has 6 aromatic rings. The minimum atomic E-state index is 0.0554. The smallest absolute Gasteiger partial charge is 0.172 e. The molecule has 54 heavy (non-hydrogen) atoms. The first kappa shape index (κ1) is 43.6. The van der Waals surface area contributed by atoms with Crippen molar-refractivity contribution in [3.8, 4) is 22.3 Å². The van der Waals surface area contributed by atoms with Gasteiger partial charge in [-0.15, -0.1) is 39.7 Å². The molecular formula is C53H66Zr-4. The van der Waals surface area contributed by atoms with Crippen LogP contribution >= 0.6 is 0 Å². The van der Waals surface area contributed by atoms with Gasteiger partial charge in [-0.25, -0.2) is 12.1 Å². The van der Waals surface area contributed by atoms with E-state index in [1.54, 1.807) is 0 Å². The van der Waals surface area contributed by atoms with Crippen LogP contribution < -0.4 is 0 Å². The number of fused-ring (bicyclic) bond motifs is 3. The van der Waals surface area contributed by atoms with Crippen LogP contribution in [0.25, 0.3) is 43.8 Å². The predicted molar refractivity (Wildman–Crippen MR) is 238 cm³/mol. The summed E-state index contributed by atoms with van der Waals surface area (Å²) >= 11 is 1.30. The van der Waals surface area contributed by atoms with Gasteiger partial charge < -0.3 is 13.8 Å². The molecule has 0 unspecified atom stereocenters. The van der Waals surface area contributed by atoms with Crippen molar-refractivity contribution in [2.24, 2.45) is 11.8 Å². The molecule has 2 aliphatic rings. The number of rotatable bonds is 2. The zero-order chi connectivity index (χ0) is 39.1. The van der Waals surface area contributed by atoms with Crippen LogP contribution in [0.4, 0.5) is 0 Å². The summed E-state index contributed by atoms with van der Waals surface area (Å²) in [5.74, 6) is 1.57. The molecule has 1 heteroatoms. The topological polar surface area (TPSA) is 0 Å². The van der Waals surface area contributed by atoms with E-state index in [-0.39, 0.29) is 10.8 Å². The fourth-order valence-corrected chi connectivity index (χ4v) is 7.75. The SMILES string of the molecule is CC(C)(C)c1cc2c(cc1-c1ccccc1)[cH-]c1cc(-c3ccccc3)c(C(C)(C)C)cc12.[CH2-]C1CCCCC1.[CH2-]C1CCCCC1.[CH2]=[Zr].c1cc[cH-]c1. The van der Waals surface area contributed by atoms with Gasteiger partial charge in [0.25, 0.3) is 0 Å². The largest absolute Gasteiger partial charge is 0.214 e. The van der Waals surface area contributed by atoms with Gasteiger partial charge in [0, 0.05) is 0 Å². The summed E-state index contributed by atoms with van der Waals surface area (Å²) in [5, 5.41) is 5.36. The van der Waals surface area contributed by atoms with Gasteiger partial charge in [0.05, 0.1) is 0 Å². The Labute approximate surface area is 344 Å². The molecule has 6 aromatic carbocycles. The summed E-state index contributed by atoms with van der Waals surface area (Å²) < 4.78 is 3.34. The molecular weight excluding hydrogens is 728 g/mol. The second-order valence-electron chi connectivity index (χ2n) is 17.3. The van der Waals surface area contributed by atoms with E-state index in [2.05, 4.69) is 151 Å². The number of hydrogen-bond donors (Lipinski definition) is 0.